The molecule has 2 aliphatic heterocycles. The van der Waals surface area contributed by atoms with Crippen LogP contribution in [0.1, 0.15) is 69.1 Å². The third-order valence-corrected chi connectivity index (χ3v) is 8.64. The molecule has 0 aliphatic carbocycles. The van der Waals surface area contributed by atoms with E-state index in [2.05, 4.69) is 5.32 Å². The Balaban J connectivity index is 1.22. The molecule has 10 heteroatoms. The average Bonchev–Trinajstić information content (AvgIpc) is 3.04. The van der Waals surface area contributed by atoms with Crippen molar-refractivity contribution in [2.24, 2.45) is 5.92 Å². The van der Waals surface area contributed by atoms with Crippen LogP contribution >= 0.6 is 0 Å². The van der Waals surface area contributed by atoms with E-state index in [4.69, 9.17) is 9.47 Å². The number of carboxylic acids is 1. The Bertz CT molecular complexity index is 1260. The van der Waals surface area contributed by atoms with Crippen LogP contribution < -0.4 is 5.32 Å². The Morgan fingerprint density at radius 2 is 1.64 bits per heavy atom. The highest BCUT2D eigenvalue weighted by atomic mass is 16.6. The number of rotatable bonds is 13. The van der Waals surface area contributed by atoms with Gasteiger partial charge in [0.05, 0.1) is 12.6 Å². The molecule has 2 N–H and O–H groups in total. The van der Waals surface area contributed by atoms with Crippen LogP contribution in [0, 0.1) is 5.92 Å². The number of aliphatic carboxylic acids is 1. The van der Waals surface area contributed by atoms with Gasteiger partial charge in [0.2, 0.25) is 5.91 Å². The van der Waals surface area contributed by atoms with Gasteiger partial charge in [0.1, 0.15) is 18.7 Å². The molecule has 0 aromatic heterocycles. The number of nitrogens with one attached hydrogen (secondary N) is 1. The summed E-state index contributed by atoms with van der Waals surface area (Å²) in [4.78, 5) is 54.0. The minimum atomic E-state index is -1.04. The van der Waals surface area contributed by atoms with Crippen molar-refractivity contribution in [3.05, 3.63) is 71.3 Å². The first-order chi connectivity index (χ1) is 21.3. The highest BCUT2D eigenvalue weighted by molar-refractivity contribution is 5.88. The van der Waals surface area contributed by atoms with Crippen molar-refractivity contribution in [2.45, 2.75) is 90.1 Å². The molecule has 0 spiro atoms. The van der Waals surface area contributed by atoms with Gasteiger partial charge in [0.15, 0.2) is 0 Å². The van der Waals surface area contributed by atoms with Crippen molar-refractivity contribution in [3.63, 3.8) is 0 Å². The minimum absolute atomic E-state index is 0.214. The fraction of sp³-hybridized carbons (Fsp3) is 0.529. The number of nitrogens with zero attached hydrogens (tertiary/aromatic N) is 2. The third kappa shape index (κ3) is 9.05. The van der Waals surface area contributed by atoms with Gasteiger partial charge >= 0.3 is 18.0 Å². The Morgan fingerprint density at radius 1 is 0.955 bits per heavy atom. The fourth-order valence-electron chi connectivity index (χ4n) is 6.11. The molecule has 44 heavy (non-hydrogen) atoms. The maximum atomic E-state index is 13.5. The number of carbonyl (C=O) groups excluding carboxylic acids is 3. The second-order valence-corrected chi connectivity index (χ2v) is 11.7. The Hall–Kier alpha value is -3.92. The topological polar surface area (TPSA) is 125 Å². The van der Waals surface area contributed by atoms with Crippen LogP contribution in [0.2, 0.25) is 0 Å². The number of ether oxygens (including phenoxy) is 2. The van der Waals surface area contributed by atoms with E-state index in [1.54, 1.807) is 18.7 Å². The summed E-state index contributed by atoms with van der Waals surface area (Å²) >= 11 is 0. The number of hydrogen-bond donors (Lipinski definition) is 2. The van der Waals surface area contributed by atoms with E-state index in [0.29, 0.717) is 25.4 Å². The van der Waals surface area contributed by atoms with Gasteiger partial charge in [-0.15, -0.1) is 0 Å². The largest absolute Gasteiger partial charge is 0.480 e. The zero-order chi connectivity index (χ0) is 31.5. The number of benzene rings is 2. The number of unbranched alkanes of at least 4 members (excludes halogenated alkanes) is 1. The Labute approximate surface area is 259 Å². The minimum Gasteiger partial charge on any atom is -0.480 e. The number of carboxylic acid groups (broad SMARTS) is 1. The first kappa shape index (κ1) is 33.0. The van der Waals surface area contributed by atoms with Gasteiger partial charge in [0.25, 0.3) is 0 Å². The number of esters is 1. The Morgan fingerprint density at radius 3 is 2.32 bits per heavy atom. The van der Waals surface area contributed by atoms with Gasteiger partial charge in [-0.3, -0.25) is 14.9 Å². The molecule has 2 aromatic rings. The number of hydrogen-bond acceptors (Lipinski definition) is 7. The first-order valence-corrected chi connectivity index (χ1v) is 15.7. The molecule has 1 fully saturated rings. The molecule has 0 saturated carbocycles. The SMILES string of the molecule is CCOC(=O)[C@H](CCCCC1CCN(C(=O)OCc2ccccc2)CC1)N[C@@H](C)C(=O)N1Cc2ccccc2C[C@H]1C(=O)O. The molecule has 10 nitrogen and oxygen atoms in total. The first-order valence-electron chi connectivity index (χ1n) is 15.7. The van der Waals surface area contributed by atoms with Gasteiger partial charge in [-0.05, 0) is 55.7 Å². The molecule has 2 aliphatic rings. The summed E-state index contributed by atoms with van der Waals surface area (Å²) in [6.45, 7) is 5.47. The molecule has 4 rings (SSSR count). The highest BCUT2D eigenvalue weighted by Gasteiger charge is 2.37. The van der Waals surface area contributed by atoms with E-state index in [9.17, 15) is 24.3 Å². The van der Waals surface area contributed by atoms with Crippen LogP contribution in [-0.2, 0) is 43.4 Å². The van der Waals surface area contributed by atoms with Crippen molar-refractivity contribution < 1.29 is 33.8 Å². The second kappa shape index (κ2) is 16.2. The predicted octanol–water partition coefficient (Wildman–Crippen LogP) is 4.54. The summed E-state index contributed by atoms with van der Waals surface area (Å²) in [7, 11) is 0. The predicted molar refractivity (Wildman–Crippen MR) is 165 cm³/mol. The molecule has 0 bridgehead atoms. The van der Waals surface area contributed by atoms with E-state index >= 15 is 0 Å². The van der Waals surface area contributed by atoms with E-state index in [0.717, 1.165) is 48.8 Å². The van der Waals surface area contributed by atoms with Gasteiger partial charge in [-0.2, -0.15) is 0 Å². The van der Waals surface area contributed by atoms with Crippen LogP contribution in [0.15, 0.2) is 54.6 Å². The molecule has 0 unspecified atom stereocenters. The van der Waals surface area contributed by atoms with Crippen molar-refractivity contribution in [3.8, 4) is 0 Å². The quantitative estimate of drug-likeness (QED) is 0.251. The summed E-state index contributed by atoms with van der Waals surface area (Å²) in [6.07, 6.45) is 4.97. The number of likely N-dealkylation sites (tertiary alicyclic amines) is 1. The van der Waals surface area contributed by atoms with E-state index in [1.165, 1.54) is 4.90 Å². The molecule has 2 amide bonds. The molecular formula is C34H45N3O7. The molecule has 238 valence electrons. The van der Waals surface area contributed by atoms with E-state index < -0.39 is 30.1 Å². The standard InChI is InChI=1S/C34H45N3O7/c1-3-43-33(41)29(35-24(2)31(38)37-22-28-15-9-8-14-27(28)21-30(37)32(39)40)16-10-7-11-25-17-19-36(20-18-25)34(42)44-23-26-12-5-4-6-13-26/h4-6,8-9,12-15,24-25,29-30,35H,3,7,10-11,16-23H2,1-2H3,(H,39,40)/t24-,29-,30-/m0/s1. The van der Waals surface area contributed by atoms with E-state index in [1.807, 2.05) is 54.6 Å². The fourth-order valence-corrected chi connectivity index (χ4v) is 6.11. The number of piperidine rings is 1. The third-order valence-electron chi connectivity index (χ3n) is 8.64. The lowest BCUT2D eigenvalue weighted by molar-refractivity contribution is -0.153. The van der Waals surface area contributed by atoms with Crippen molar-refractivity contribution in [1.82, 2.24) is 15.1 Å². The zero-order valence-corrected chi connectivity index (χ0v) is 25.8. The zero-order valence-electron chi connectivity index (χ0n) is 25.8. The van der Waals surface area contributed by atoms with Crippen LogP contribution in [0.3, 0.4) is 0 Å². The summed E-state index contributed by atoms with van der Waals surface area (Å²) in [5, 5.41) is 13.0. The maximum absolute atomic E-state index is 13.5. The van der Waals surface area contributed by atoms with Gasteiger partial charge in [-0.25, -0.2) is 9.59 Å². The van der Waals surface area contributed by atoms with Gasteiger partial charge < -0.3 is 24.4 Å². The molecule has 2 heterocycles. The summed E-state index contributed by atoms with van der Waals surface area (Å²) < 4.78 is 10.8. The Kier molecular flexibility index (Phi) is 12.2. The lowest BCUT2D eigenvalue weighted by atomic mass is 9.91. The van der Waals surface area contributed by atoms with E-state index in [-0.39, 0.29) is 38.2 Å². The van der Waals surface area contributed by atoms with Gasteiger partial charge in [-0.1, -0.05) is 73.9 Å². The van der Waals surface area contributed by atoms with Crippen LogP contribution in [0.25, 0.3) is 0 Å². The molecule has 1 saturated heterocycles. The average molecular weight is 608 g/mol. The van der Waals surface area contributed by atoms with Crippen LogP contribution in [0.5, 0.6) is 0 Å². The lowest BCUT2D eigenvalue weighted by Crippen LogP contribution is -2.56. The molecular weight excluding hydrogens is 562 g/mol. The normalized spacial score (nSPS) is 18.2. The number of carbonyl (C=O) groups is 4. The summed E-state index contributed by atoms with van der Waals surface area (Å²) in [6, 6.07) is 14.8. The van der Waals surface area contributed by atoms with Crippen molar-refractivity contribution in [2.75, 3.05) is 19.7 Å². The van der Waals surface area contributed by atoms with Crippen LogP contribution in [0.4, 0.5) is 4.79 Å². The molecule has 3 atom stereocenters. The molecule has 2 aromatic carbocycles. The summed E-state index contributed by atoms with van der Waals surface area (Å²) in [5.74, 6) is -1.31. The van der Waals surface area contributed by atoms with Gasteiger partial charge in [0, 0.05) is 26.1 Å². The number of fused-ring (bicyclic) bond motifs is 1. The summed E-state index contributed by atoms with van der Waals surface area (Å²) in [5.41, 5.74) is 2.83. The second-order valence-electron chi connectivity index (χ2n) is 11.7. The van der Waals surface area contributed by atoms with Crippen LogP contribution in [-0.4, -0.2) is 76.7 Å². The number of amides is 2. The monoisotopic (exact) mass is 607 g/mol. The van der Waals surface area contributed by atoms with Crippen molar-refractivity contribution in [1.29, 1.82) is 0 Å². The highest BCUT2D eigenvalue weighted by Crippen LogP contribution is 2.26. The lowest BCUT2D eigenvalue weighted by Gasteiger charge is -2.36. The van der Waals surface area contributed by atoms with Crippen molar-refractivity contribution >= 4 is 23.9 Å². The maximum Gasteiger partial charge on any atom is 0.410 e. The smallest absolute Gasteiger partial charge is 0.410 e. The molecule has 0 radical (unpaired) electrons.